The maximum Gasteiger partial charge on any atom is 0.331 e. The highest BCUT2D eigenvalue weighted by Gasteiger charge is 2.15. The van der Waals surface area contributed by atoms with Crippen molar-refractivity contribution >= 4 is 50.7 Å². The van der Waals surface area contributed by atoms with Gasteiger partial charge in [0.1, 0.15) is 4.70 Å². The molecule has 0 bridgehead atoms. The number of halogens is 2. The molecule has 4 rings (SSSR count). The number of carbonyl (C=O) groups excluding carboxylic acids is 1. The largest absolute Gasteiger partial charge is 0.356 e. The molecule has 0 aliphatic heterocycles. The zero-order valence-electron chi connectivity index (χ0n) is 17.6. The Balaban J connectivity index is 1.48. The van der Waals surface area contributed by atoms with Gasteiger partial charge in [-0.15, -0.1) is 11.3 Å². The lowest BCUT2D eigenvalue weighted by molar-refractivity contribution is -0.121. The second-order valence-electron chi connectivity index (χ2n) is 7.57. The zero-order chi connectivity index (χ0) is 23.4. The number of hydrogen-bond acceptors (Lipinski definition) is 4. The van der Waals surface area contributed by atoms with Crippen molar-refractivity contribution in [2.45, 2.75) is 25.9 Å². The molecule has 9 heteroatoms. The summed E-state index contributed by atoms with van der Waals surface area (Å²) in [5, 5.41) is 5.86. The van der Waals surface area contributed by atoms with Crippen molar-refractivity contribution in [2.75, 3.05) is 6.54 Å². The number of amides is 1. The van der Waals surface area contributed by atoms with Gasteiger partial charge in [0.05, 0.1) is 12.1 Å². The Labute approximate surface area is 204 Å². The summed E-state index contributed by atoms with van der Waals surface area (Å²) in [6, 6.07) is 16.4. The number of aromatic nitrogens is 2. The molecule has 6 nitrogen and oxygen atoms in total. The van der Waals surface area contributed by atoms with Gasteiger partial charge < -0.3 is 5.32 Å². The minimum absolute atomic E-state index is 0.00777. The van der Waals surface area contributed by atoms with E-state index in [-0.39, 0.29) is 31.0 Å². The first kappa shape index (κ1) is 23.3. The Hall–Kier alpha value is -2.87. The first-order chi connectivity index (χ1) is 15.9. The van der Waals surface area contributed by atoms with Crippen molar-refractivity contribution in [2.24, 2.45) is 0 Å². The normalized spacial score (nSPS) is 11.1. The maximum absolute atomic E-state index is 13.2. The number of fused-ring (bicyclic) bond motifs is 1. The summed E-state index contributed by atoms with van der Waals surface area (Å²) >= 11 is 13.3. The van der Waals surface area contributed by atoms with Crippen LogP contribution in [0.1, 0.15) is 17.5 Å². The number of benzene rings is 2. The van der Waals surface area contributed by atoms with Crippen LogP contribution in [0.15, 0.2) is 69.6 Å². The molecular weight excluding hydrogens is 481 g/mol. The minimum atomic E-state index is -0.445. The van der Waals surface area contributed by atoms with E-state index in [0.717, 1.165) is 15.7 Å². The second kappa shape index (κ2) is 10.4. The third kappa shape index (κ3) is 5.55. The molecule has 2 aromatic heterocycles. The molecule has 0 aliphatic rings. The molecular formula is C24H21Cl2N3O3S. The van der Waals surface area contributed by atoms with E-state index in [2.05, 4.69) is 5.32 Å². The summed E-state index contributed by atoms with van der Waals surface area (Å²) < 4.78 is 3.18. The Morgan fingerprint density at radius 2 is 1.73 bits per heavy atom. The monoisotopic (exact) mass is 501 g/mol. The average Bonchev–Trinajstić information content (AvgIpc) is 3.28. The standard InChI is InChI=1S/C24H21Cl2N3O3S/c25-18-6-4-16(5-7-18)8-11-27-21(30)9-12-28-23(31)22-20(10-13-33-22)29(24(28)32)15-17-2-1-3-19(26)14-17/h1-7,10,13-14H,8-9,11-12,15H2,(H,27,30). The molecule has 33 heavy (non-hydrogen) atoms. The van der Waals surface area contributed by atoms with Crippen LogP contribution in [0.3, 0.4) is 0 Å². The average molecular weight is 502 g/mol. The van der Waals surface area contributed by atoms with Gasteiger partial charge in [0.25, 0.3) is 5.56 Å². The van der Waals surface area contributed by atoms with Crippen LogP contribution in [0.4, 0.5) is 0 Å². The summed E-state index contributed by atoms with van der Waals surface area (Å²) in [5.74, 6) is -0.220. The number of carbonyl (C=O) groups is 1. The third-order valence-electron chi connectivity index (χ3n) is 5.28. The molecule has 0 saturated heterocycles. The fraction of sp³-hybridized carbons (Fsp3) is 0.208. The summed E-state index contributed by atoms with van der Waals surface area (Å²) in [6.45, 7) is 0.742. The molecule has 170 valence electrons. The summed E-state index contributed by atoms with van der Waals surface area (Å²) in [5.41, 5.74) is 1.67. The molecule has 1 amide bonds. The third-order valence-corrected chi connectivity index (χ3v) is 6.66. The van der Waals surface area contributed by atoms with Crippen LogP contribution in [0, 0.1) is 0 Å². The van der Waals surface area contributed by atoms with Gasteiger partial charge in [-0.05, 0) is 53.3 Å². The van der Waals surface area contributed by atoms with Crippen LogP contribution in [0.25, 0.3) is 10.2 Å². The lowest BCUT2D eigenvalue weighted by Crippen LogP contribution is -2.41. The molecule has 0 unspecified atom stereocenters. The second-order valence-corrected chi connectivity index (χ2v) is 9.36. The molecule has 2 heterocycles. The molecule has 0 spiro atoms. The maximum atomic E-state index is 13.2. The molecule has 0 atom stereocenters. The van der Waals surface area contributed by atoms with Gasteiger partial charge in [-0.1, -0.05) is 47.5 Å². The number of nitrogens with one attached hydrogen (secondary N) is 1. The molecule has 2 aromatic carbocycles. The van der Waals surface area contributed by atoms with Gasteiger partial charge in [0.2, 0.25) is 5.91 Å². The van der Waals surface area contributed by atoms with E-state index in [1.54, 1.807) is 40.3 Å². The van der Waals surface area contributed by atoms with Crippen molar-refractivity contribution in [1.82, 2.24) is 14.5 Å². The van der Waals surface area contributed by atoms with Crippen LogP contribution in [0.5, 0.6) is 0 Å². The summed E-state index contributed by atoms with van der Waals surface area (Å²) in [6.07, 6.45) is 0.695. The van der Waals surface area contributed by atoms with Crippen molar-refractivity contribution in [3.8, 4) is 0 Å². The zero-order valence-corrected chi connectivity index (χ0v) is 19.9. The first-order valence-electron chi connectivity index (χ1n) is 10.4. The van der Waals surface area contributed by atoms with Crippen LogP contribution in [-0.4, -0.2) is 21.6 Å². The number of nitrogens with zero attached hydrogens (tertiary/aromatic N) is 2. The van der Waals surface area contributed by atoms with Crippen molar-refractivity contribution < 1.29 is 4.79 Å². The van der Waals surface area contributed by atoms with Gasteiger partial charge >= 0.3 is 5.69 Å². The predicted octanol–water partition coefficient (Wildman–Crippen LogP) is 4.33. The fourth-order valence-corrected chi connectivity index (χ4v) is 4.78. The van der Waals surface area contributed by atoms with Gasteiger partial charge in [-0.25, -0.2) is 4.79 Å². The number of thiophene rings is 1. The fourth-order valence-electron chi connectivity index (χ4n) is 3.60. The molecule has 0 fully saturated rings. The molecule has 0 aliphatic carbocycles. The minimum Gasteiger partial charge on any atom is -0.356 e. The van der Waals surface area contributed by atoms with Gasteiger partial charge in [0.15, 0.2) is 0 Å². The van der Waals surface area contributed by atoms with Crippen LogP contribution < -0.4 is 16.6 Å². The van der Waals surface area contributed by atoms with E-state index in [9.17, 15) is 14.4 Å². The number of rotatable bonds is 8. The highest BCUT2D eigenvalue weighted by atomic mass is 35.5. The van der Waals surface area contributed by atoms with Gasteiger partial charge in [-0.2, -0.15) is 0 Å². The van der Waals surface area contributed by atoms with E-state index in [1.807, 2.05) is 24.3 Å². The Bertz CT molecular complexity index is 1410. The molecule has 0 radical (unpaired) electrons. The van der Waals surface area contributed by atoms with E-state index in [4.69, 9.17) is 23.2 Å². The highest BCUT2D eigenvalue weighted by molar-refractivity contribution is 7.17. The smallest absolute Gasteiger partial charge is 0.331 e. The quantitative estimate of drug-likeness (QED) is 0.390. The Morgan fingerprint density at radius 3 is 2.48 bits per heavy atom. The highest BCUT2D eigenvalue weighted by Crippen LogP contribution is 2.18. The van der Waals surface area contributed by atoms with Crippen molar-refractivity contribution in [1.29, 1.82) is 0 Å². The molecule has 1 N–H and O–H groups in total. The van der Waals surface area contributed by atoms with Crippen LogP contribution in [-0.2, 0) is 24.3 Å². The Kier molecular flexibility index (Phi) is 7.33. The van der Waals surface area contributed by atoms with Crippen LogP contribution >= 0.6 is 34.5 Å². The molecule has 4 aromatic rings. The van der Waals surface area contributed by atoms with E-state index in [0.29, 0.717) is 33.2 Å². The SMILES string of the molecule is O=C(CCn1c(=O)c2sccc2n(Cc2cccc(Cl)c2)c1=O)NCCc1ccc(Cl)cc1. The Morgan fingerprint density at radius 1 is 0.939 bits per heavy atom. The van der Waals surface area contributed by atoms with Crippen molar-refractivity contribution in [3.05, 3.63) is 102 Å². The summed E-state index contributed by atoms with van der Waals surface area (Å²) in [4.78, 5) is 38.4. The van der Waals surface area contributed by atoms with E-state index in [1.165, 1.54) is 11.3 Å². The lowest BCUT2D eigenvalue weighted by atomic mass is 10.1. The number of hydrogen-bond donors (Lipinski definition) is 1. The van der Waals surface area contributed by atoms with Gasteiger partial charge in [-0.3, -0.25) is 18.7 Å². The lowest BCUT2D eigenvalue weighted by Gasteiger charge is -2.13. The summed E-state index contributed by atoms with van der Waals surface area (Å²) in [7, 11) is 0. The van der Waals surface area contributed by atoms with Crippen LogP contribution in [0.2, 0.25) is 10.0 Å². The first-order valence-corrected chi connectivity index (χ1v) is 12.0. The molecule has 0 saturated carbocycles. The van der Waals surface area contributed by atoms with Gasteiger partial charge in [0, 0.05) is 29.6 Å². The van der Waals surface area contributed by atoms with E-state index >= 15 is 0 Å². The predicted molar refractivity (Wildman–Crippen MR) is 134 cm³/mol. The topological polar surface area (TPSA) is 73.1 Å². The van der Waals surface area contributed by atoms with Crippen molar-refractivity contribution in [3.63, 3.8) is 0 Å². The van der Waals surface area contributed by atoms with E-state index < -0.39 is 5.69 Å².